The van der Waals surface area contributed by atoms with Crippen molar-refractivity contribution in [3.63, 3.8) is 0 Å². The predicted octanol–water partition coefficient (Wildman–Crippen LogP) is 2.36. The van der Waals surface area contributed by atoms with Crippen LogP contribution in [0.2, 0.25) is 0 Å². The Hall–Kier alpha value is -3.17. The highest BCUT2D eigenvalue weighted by molar-refractivity contribution is 5.90. The van der Waals surface area contributed by atoms with Crippen molar-refractivity contribution in [2.75, 3.05) is 43.4 Å². The van der Waals surface area contributed by atoms with E-state index in [9.17, 15) is 9.59 Å². The van der Waals surface area contributed by atoms with Crippen molar-refractivity contribution in [2.24, 2.45) is 0 Å². The Kier molecular flexibility index (Phi) is 5.82. The van der Waals surface area contributed by atoms with Gasteiger partial charge >= 0.3 is 0 Å². The Bertz CT molecular complexity index is 1120. The number of aryl methyl sites for hydroxylation is 1. The Morgan fingerprint density at radius 3 is 2.74 bits per heavy atom. The molecule has 2 aliphatic heterocycles. The van der Waals surface area contributed by atoms with Gasteiger partial charge in [-0.2, -0.15) is 4.98 Å². The third kappa shape index (κ3) is 4.23. The second-order valence-electron chi connectivity index (χ2n) is 10.4. The zero-order chi connectivity index (χ0) is 23.9. The van der Waals surface area contributed by atoms with Gasteiger partial charge in [-0.05, 0) is 44.9 Å². The highest BCUT2D eigenvalue weighted by Crippen LogP contribution is 2.35. The first-order valence-corrected chi connectivity index (χ1v) is 13.1. The Balaban J connectivity index is 1.24. The van der Waals surface area contributed by atoms with Crippen LogP contribution >= 0.6 is 0 Å². The van der Waals surface area contributed by atoms with Gasteiger partial charge in [0, 0.05) is 43.9 Å². The summed E-state index contributed by atoms with van der Waals surface area (Å²) in [6, 6.07) is -0.323. The molecule has 2 aromatic heterocycles. The van der Waals surface area contributed by atoms with Gasteiger partial charge in [0.2, 0.25) is 23.7 Å². The molecule has 10 heteroatoms. The van der Waals surface area contributed by atoms with Crippen LogP contribution in [0.25, 0.3) is 0 Å². The summed E-state index contributed by atoms with van der Waals surface area (Å²) in [5.41, 5.74) is 3.41. The minimum Gasteiger partial charge on any atom is -0.342 e. The molecule has 35 heavy (non-hydrogen) atoms. The van der Waals surface area contributed by atoms with Crippen LogP contribution < -0.4 is 10.2 Å². The minimum atomic E-state index is -0.323. The van der Waals surface area contributed by atoms with Crippen molar-refractivity contribution in [3.05, 3.63) is 23.1 Å². The van der Waals surface area contributed by atoms with Gasteiger partial charge < -0.3 is 25.0 Å². The maximum absolute atomic E-state index is 13.4. The molecule has 4 heterocycles. The van der Waals surface area contributed by atoms with Crippen LogP contribution in [0.4, 0.5) is 17.7 Å². The fraction of sp³-hybridized carbons (Fsp3) is 0.640. The third-order valence-electron chi connectivity index (χ3n) is 8.11. The molecule has 1 atom stereocenters. The molecule has 3 fully saturated rings. The van der Waals surface area contributed by atoms with Gasteiger partial charge in [0.05, 0.1) is 18.4 Å². The van der Waals surface area contributed by atoms with Gasteiger partial charge in [-0.15, -0.1) is 0 Å². The number of piperazine rings is 1. The molecule has 1 unspecified atom stereocenters. The summed E-state index contributed by atoms with van der Waals surface area (Å²) in [5.74, 6) is 2.69. The summed E-state index contributed by atoms with van der Waals surface area (Å²) in [5, 5.41) is 3.44. The molecule has 2 aromatic rings. The summed E-state index contributed by atoms with van der Waals surface area (Å²) >= 11 is 0. The predicted molar refractivity (Wildman–Crippen MR) is 132 cm³/mol. The fourth-order valence-electron chi connectivity index (χ4n) is 6.03. The lowest BCUT2D eigenvalue weighted by molar-refractivity contribution is -0.144. The number of amides is 2. The summed E-state index contributed by atoms with van der Waals surface area (Å²) in [6.07, 6.45) is 11.5. The summed E-state index contributed by atoms with van der Waals surface area (Å²) in [7, 11) is 1.79. The van der Waals surface area contributed by atoms with E-state index < -0.39 is 0 Å². The van der Waals surface area contributed by atoms with Gasteiger partial charge in [0.25, 0.3) is 0 Å². The second-order valence-corrected chi connectivity index (χ2v) is 10.4. The number of carbonyl (C=O) groups is 2. The van der Waals surface area contributed by atoms with Crippen LogP contribution in [0.5, 0.6) is 0 Å². The highest BCUT2D eigenvalue weighted by Gasteiger charge is 2.38. The average molecular weight is 479 g/mol. The number of anilines is 3. The third-order valence-corrected chi connectivity index (χ3v) is 8.11. The fourth-order valence-corrected chi connectivity index (χ4v) is 6.03. The van der Waals surface area contributed by atoms with Crippen LogP contribution in [0, 0.1) is 0 Å². The van der Waals surface area contributed by atoms with Crippen molar-refractivity contribution < 1.29 is 9.59 Å². The molecule has 2 aliphatic carbocycles. The number of fused-ring (bicyclic) bond motifs is 1. The lowest BCUT2D eigenvalue weighted by Crippen LogP contribution is -2.55. The monoisotopic (exact) mass is 478 g/mol. The lowest BCUT2D eigenvalue weighted by Gasteiger charge is -2.35. The average Bonchev–Trinajstić information content (AvgIpc) is 3.67. The van der Waals surface area contributed by atoms with Crippen LogP contribution in [-0.4, -0.2) is 80.8 Å². The molecule has 10 nitrogen and oxygen atoms in total. The number of hydrogen-bond donors (Lipinski definition) is 2. The first kappa shape index (κ1) is 22.3. The van der Waals surface area contributed by atoms with E-state index in [4.69, 9.17) is 9.97 Å². The number of carbonyl (C=O) groups excluding carboxylic acids is 2. The number of nitrogens with one attached hydrogen (secondary N) is 2. The SMILES string of the molecule is CN1CCN(C(=O)C2CCCN2c2nc3c(c(Nc4ncc(C5CCCC5)[nH]4)n2)CCC3)CC1=O. The highest BCUT2D eigenvalue weighted by atomic mass is 16.2. The number of rotatable bonds is 5. The maximum Gasteiger partial charge on any atom is 0.245 e. The quantitative estimate of drug-likeness (QED) is 0.679. The second kappa shape index (κ2) is 9.13. The van der Waals surface area contributed by atoms with Crippen molar-refractivity contribution in [2.45, 2.75) is 69.7 Å². The molecule has 2 amide bonds. The summed E-state index contributed by atoms with van der Waals surface area (Å²) in [6.45, 7) is 2.04. The van der Waals surface area contributed by atoms with Crippen molar-refractivity contribution >= 4 is 29.5 Å². The molecule has 186 valence electrons. The normalized spacial score (nSPS) is 22.8. The van der Waals surface area contributed by atoms with Gasteiger partial charge in [-0.25, -0.2) is 9.97 Å². The van der Waals surface area contributed by atoms with E-state index in [1.54, 1.807) is 16.8 Å². The first-order chi connectivity index (χ1) is 17.1. The number of H-pyrrole nitrogens is 1. The standard InChI is InChI=1S/C25H34N8O2/c1-31-12-13-32(15-21(31)34)23(35)20-10-5-11-33(20)25-28-18-9-4-8-17(18)22(30-25)29-24-26-14-19(27-24)16-6-2-3-7-16/h14,16,20H,2-13,15H2,1H3,(H2,26,27,28,29,30). The van der Waals surface area contributed by atoms with Crippen LogP contribution in [0.1, 0.15) is 67.8 Å². The number of nitrogens with zero attached hydrogens (tertiary/aromatic N) is 6. The molecule has 1 saturated carbocycles. The number of imidazole rings is 1. The Morgan fingerprint density at radius 1 is 1.06 bits per heavy atom. The van der Waals surface area contributed by atoms with E-state index in [0.717, 1.165) is 61.7 Å². The van der Waals surface area contributed by atoms with Gasteiger partial charge in [-0.3, -0.25) is 9.59 Å². The lowest BCUT2D eigenvalue weighted by atomic mass is 10.1. The van der Waals surface area contributed by atoms with Gasteiger partial charge in [0.15, 0.2) is 0 Å². The smallest absolute Gasteiger partial charge is 0.245 e. The van der Waals surface area contributed by atoms with Crippen LogP contribution in [0.15, 0.2) is 6.20 Å². The molecule has 0 radical (unpaired) electrons. The van der Waals surface area contributed by atoms with E-state index in [1.165, 1.54) is 31.4 Å². The molecule has 2 N–H and O–H groups in total. The largest absolute Gasteiger partial charge is 0.342 e. The summed E-state index contributed by atoms with van der Waals surface area (Å²) in [4.78, 5) is 48.9. The minimum absolute atomic E-state index is 0.00907. The number of hydrogen-bond acceptors (Lipinski definition) is 7. The number of likely N-dealkylation sites (N-methyl/N-ethyl adjacent to an activating group) is 1. The molecular weight excluding hydrogens is 444 g/mol. The first-order valence-electron chi connectivity index (χ1n) is 13.1. The van der Waals surface area contributed by atoms with E-state index in [-0.39, 0.29) is 24.4 Å². The molecule has 0 bridgehead atoms. The molecule has 6 rings (SSSR count). The van der Waals surface area contributed by atoms with E-state index in [0.29, 0.717) is 25.0 Å². The molecule has 2 saturated heterocycles. The van der Waals surface area contributed by atoms with E-state index in [1.807, 2.05) is 11.1 Å². The zero-order valence-electron chi connectivity index (χ0n) is 20.4. The van der Waals surface area contributed by atoms with E-state index in [2.05, 4.69) is 15.3 Å². The Labute approximate surface area is 205 Å². The number of aromatic nitrogens is 4. The van der Waals surface area contributed by atoms with Gasteiger partial charge in [-0.1, -0.05) is 12.8 Å². The molecule has 4 aliphatic rings. The van der Waals surface area contributed by atoms with Crippen molar-refractivity contribution in [1.29, 1.82) is 0 Å². The molecular formula is C25H34N8O2. The molecule has 0 aromatic carbocycles. The number of aromatic amines is 1. The van der Waals surface area contributed by atoms with Crippen LogP contribution in [0.3, 0.4) is 0 Å². The topological polar surface area (TPSA) is 110 Å². The zero-order valence-corrected chi connectivity index (χ0v) is 20.4. The van der Waals surface area contributed by atoms with Crippen molar-refractivity contribution in [1.82, 2.24) is 29.7 Å². The van der Waals surface area contributed by atoms with Gasteiger partial charge in [0.1, 0.15) is 11.9 Å². The van der Waals surface area contributed by atoms with Crippen molar-refractivity contribution in [3.8, 4) is 0 Å². The maximum atomic E-state index is 13.4. The summed E-state index contributed by atoms with van der Waals surface area (Å²) < 4.78 is 0. The van der Waals surface area contributed by atoms with E-state index >= 15 is 0 Å². The molecule has 0 spiro atoms. The Morgan fingerprint density at radius 2 is 1.91 bits per heavy atom. The van der Waals surface area contributed by atoms with Crippen LogP contribution in [-0.2, 0) is 22.4 Å².